The van der Waals surface area contributed by atoms with Crippen molar-refractivity contribution in [2.45, 2.75) is 12.3 Å². The molecule has 1 aliphatic carbocycles. The number of anilines is 3. The molecule has 0 fully saturated rings. The van der Waals surface area contributed by atoms with Gasteiger partial charge in [0.2, 0.25) is 0 Å². The molecule has 0 atom stereocenters. The van der Waals surface area contributed by atoms with Gasteiger partial charge in [0, 0.05) is 33.5 Å². The van der Waals surface area contributed by atoms with Gasteiger partial charge in [-0.3, -0.25) is 0 Å². The van der Waals surface area contributed by atoms with Crippen molar-refractivity contribution in [2.24, 2.45) is 0 Å². The minimum Gasteiger partial charge on any atom is -0.310 e. The molecule has 0 saturated heterocycles. The summed E-state index contributed by atoms with van der Waals surface area (Å²) >= 11 is 0. The highest BCUT2D eigenvalue weighted by molar-refractivity contribution is 6.10. The standard InChI is InChI=1S/C50H36N2/c1-35-24-28-39(29-25-35)51(41-32-33-45-44-20-10-13-23-48(44)52(49(45)34-41)38-16-6-3-7-17-38)40-30-26-37(27-31-40)50(36-14-4-2-5-15-36)46-21-11-8-18-42(46)43-19-9-12-22-47(43)50/h2-34H,1H3. The molecule has 0 bridgehead atoms. The predicted octanol–water partition coefficient (Wildman–Crippen LogP) is 12.9. The fourth-order valence-corrected chi connectivity index (χ4v) is 8.67. The number of rotatable bonds is 6. The van der Waals surface area contributed by atoms with E-state index in [1.165, 1.54) is 60.8 Å². The van der Waals surface area contributed by atoms with Crippen LogP contribution in [0, 0.1) is 6.92 Å². The average molecular weight is 665 g/mol. The summed E-state index contributed by atoms with van der Waals surface area (Å²) in [5.74, 6) is 0. The lowest BCUT2D eigenvalue weighted by atomic mass is 9.68. The molecule has 246 valence electrons. The van der Waals surface area contributed by atoms with Crippen molar-refractivity contribution >= 4 is 38.9 Å². The van der Waals surface area contributed by atoms with Gasteiger partial charge < -0.3 is 9.47 Å². The van der Waals surface area contributed by atoms with E-state index < -0.39 is 5.41 Å². The molecule has 0 saturated carbocycles. The van der Waals surface area contributed by atoms with E-state index in [9.17, 15) is 0 Å². The maximum atomic E-state index is 2.39. The molecule has 8 aromatic carbocycles. The number of fused-ring (bicyclic) bond motifs is 6. The Hall–Kier alpha value is -6.64. The number of benzene rings is 8. The molecule has 0 aliphatic heterocycles. The van der Waals surface area contributed by atoms with E-state index in [-0.39, 0.29) is 0 Å². The molecule has 0 unspecified atom stereocenters. The van der Waals surface area contributed by atoms with Crippen LogP contribution in [0.25, 0.3) is 38.6 Å². The van der Waals surface area contributed by atoms with Gasteiger partial charge in [-0.05, 0) is 94.9 Å². The van der Waals surface area contributed by atoms with E-state index in [2.05, 4.69) is 217 Å². The maximum absolute atomic E-state index is 2.39. The highest BCUT2D eigenvalue weighted by atomic mass is 15.1. The summed E-state index contributed by atoms with van der Waals surface area (Å²) in [4.78, 5) is 2.39. The van der Waals surface area contributed by atoms with Crippen molar-refractivity contribution in [2.75, 3.05) is 4.90 Å². The van der Waals surface area contributed by atoms with Crippen molar-refractivity contribution in [3.63, 3.8) is 0 Å². The zero-order valence-corrected chi connectivity index (χ0v) is 28.9. The van der Waals surface area contributed by atoms with Gasteiger partial charge in [-0.15, -0.1) is 0 Å². The van der Waals surface area contributed by atoms with E-state index in [4.69, 9.17) is 0 Å². The monoisotopic (exact) mass is 664 g/mol. The Morgan fingerprint density at radius 2 is 0.904 bits per heavy atom. The number of hydrogen-bond donors (Lipinski definition) is 0. The Morgan fingerprint density at radius 3 is 1.58 bits per heavy atom. The summed E-state index contributed by atoms with van der Waals surface area (Å²) in [6, 6.07) is 73.4. The Morgan fingerprint density at radius 1 is 0.404 bits per heavy atom. The molecule has 0 spiro atoms. The third-order valence-corrected chi connectivity index (χ3v) is 10.9. The van der Waals surface area contributed by atoms with E-state index in [1.54, 1.807) is 0 Å². The first-order chi connectivity index (χ1) is 25.7. The summed E-state index contributed by atoms with van der Waals surface area (Å²) in [5.41, 5.74) is 15.5. The van der Waals surface area contributed by atoms with Gasteiger partial charge in [0.05, 0.1) is 16.4 Å². The molecule has 2 heteroatoms. The zero-order chi connectivity index (χ0) is 34.6. The van der Waals surface area contributed by atoms with Crippen molar-refractivity contribution in [3.8, 4) is 16.8 Å². The van der Waals surface area contributed by atoms with Gasteiger partial charge in [-0.1, -0.05) is 151 Å². The number of para-hydroxylation sites is 2. The number of aromatic nitrogens is 1. The summed E-state index contributed by atoms with van der Waals surface area (Å²) < 4.78 is 2.39. The minimum absolute atomic E-state index is 0.433. The SMILES string of the molecule is Cc1ccc(N(c2ccc(C3(c4ccccc4)c4ccccc4-c4ccccc43)cc2)c2ccc3c4ccccc4n(-c4ccccc4)c3c2)cc1. The Kier molecular flexibility index (Phi) is 6.97. The quantitative estimate of drug-likeness (QED) is 0.172. The topological polar surface area (TPSA) is 8.17 Å². The second kappa shape index (κ2) is 12.0. The van der Waals surface area contributed by atoms with Gasteiger partial charge in [-0.25, -0.2) is 0 Å². The number of hydrogen-bond acceptors (Lipinski definition) is 1. The Labute approximate surface area is 304 Å². The Balaban J connectivity index is 1.18. The molecule has 0 radical (unpaired) electrons. The van der Waals surface area contributed by atoms with Crippen molar-refractivity contribution in [3.05, 3.63) is 228 Å². The average Bonchev–Trinajstić information content (AvgIpc) is 3.70. The molecular formula is C50H36N2. The van der Waals surface area contributed by atoms with Crippen LogP contribution in [0.1, 0.15) is 27.8 Å². The number of aryl methyl sites for hydroxylation is 1. The van der Waals surface area contributed by atoms with Crippen LogP contribution >= 0.6 is 0 Å². The molecule has 10 rings (SSSR count). The van der Waals surface area contributed by atoms with Crippen molar-refractivity contribution in [1.29, 1.82) is 0 Å². The summed E-state index contributed by atoms with van der Waals surface area (Å²) in [6.07, 6.45) is 0. The van der Waals surface area contributed by atoms with Crippen LogP contribution < -0.4 is 4.90 Å². The van der Waals surface area contributed by atoms with Crippen LogP contribution in [0.3, 0.4) is 0 Å². The van der Waals surface area contributed by atoms with E-state index in [1.807, 2.05) is 0 Å². The first-order valence-corrected chi connectivity index (χ1v) is 18.0. The lowest BCUT2D eigenvalue weighted by molar-refractivity contribution is 0.768. The van der Waals surface area contributed by atoms with E-state index >= 15 is 0 Å². The van der Waals surface area contributed by atoms with Crippen LogP contribution in [0.5, 0.6) is 0 Å². The van der Waals surface area contributed by atoms with Gasteiger partial charge >= 0.3 is 0 Å². The smallest absolute Gasteiger partial charge is 0.0713 e. The van der Waals surface area contributed by atoms with Crippen molar-refractivity contribution in [1.82, 2.24) is 4.57 Å². The molecule has 9 aromatic rings. The summed E-state index contributed by atoms with van der Waals surface area (Å²) in [5, 5.41) is 2.49. The van der Waals surface area contributed by atoms with E-state index in [0.717, 1.165) is 22.7 Å². The molecule has 1 aliphatic rings. The summed E-state index contributed by atoms with van der Waals surface area (Å²) in [6.45, 7) is 2.15. The van der Waals surface area contributed by atoms with Crippen LogP contribution in [-0.4, -0.2) is 4.57 Å². The van der Waals surface area contributed by atoms with Crippen LogP contribution in [0.2, 0.25) is 0 Å². The van der Waals surface area contributed by atoms with Gasteiger partial charge in [0.15, 0.2) is 0 Å². The fraction of sp³-hybridized carbons (Fsp3) is 0.0400. The van der Waals surface area contributed by atoms with Gasteiger partial charge in [-0.2, -0.15) is 0 Å². The largest absolute Gasteiger partial charge is 0.310 e. The summed E-state index contributed by atoms with van der Waals surface area (Å²) in [7, 11) is 0. The second-order valence-electron chi connectivity index (χ2n) is 13.8. The zero-order valence-electron chi connectivity index (χ0n) is 28.9. The molecule has 52 heavy (non-hydrogen) atoms. The van der Waals surface area contributed by atoms with Crippen LogP contribution in [-0.2, 0) is 5.41 Å². The Bertz CT molecular complexity index is 2680. The number of nitrogens with zero attached hydrogens (tertiary/aromatic N) is 2. The van der Waals surface area contributed by atoms with Gasteiger partial charge in [0.1, 0.15) is 0 Å². The maximum Gasteiger partial charge on any atom is 0.0713 e. The van der Waals surface area contributed by atoms with Gasteiger partial charge in [0.25, 0.3) is 0 Å². The van der Waals surface area contributed by atoms with Crippen LogP contribution in [0.4, 0.5) is 17.1 Å². The first kappa shape index (κ1) is 30.2. The molecule has 0 N–H and O–H groups in total. The highest BCUT2D eigenvalue weighted by Crippen LogP contribution is 2.56. The lowest BCUT2D eigenvalue weighted by Crippen LogP contribution is -2.28. The third-order valence-electron chi connectivity index (χ3n) is 10.9. The van der Waals surface area contributed by atoms with Crippen molar-refractivity contribution < 1.29 is 0 Å². The first-order valence-electron chi connectivity index (χ1n) is 18.0. The highest BCUT2D eigenvalue weighted by Gasteiger charge is 2.45. The predicted molar refractivity (Wildman–Crippen MR) is 218 cm³/mol. The third kappa shape index (κ3) is 4.51. The van der Waals surface area contributed by atoms with Crippen LogP contribution in [0.15, 0.2) is 200 Å². The normalized spacial score (nSPS) is 12.9. The minimum atomic E-state index is -0.433. The second-order valence-corrected chi connectivity index (χ2v) is 13.8. The van der Waals surface area contributed by atoms with E-state index in [0.29, 0.717) is 0 Å². The molecule has 1 aromatic heterocycles. The molecular weight excluding hydrogens is 629 g/mol. The molecule has 1 heterocycles. The molecule has 2 nitrogen and oxygen atoms in total. The molecule has 0 amide bonds. The lowest BCUT2D eigenvalue weighted by Gasteiger charge is -2.34. The fourth-order valence-electron chi connectivity index (χ4n) is 8.67.